The second kappa shape index (κ2) is 6.49. The topological polar surface area (TPSA) is 21.3 Å². The number of rotatable bonds is 7. The SMILES string of the molecule is CCNC(c1ccc(F)c(C)c1)C(OCC)C1CC1. The molecule has 1 saturated carbocycles. The van der Waals surface area contributed by atoms with Crippen molar-refractivity contribution in [3.63, 3.8) is 0 Å². The van der Waals surface area contributed by atoms with Crippen LogP contribution in [0.5, 0.6) is 0 Å². The van der Waals surface area contributed by atoms with Crippen molar-refractivity contribution < 1.29 is 9.13 Å². The van der Waals surface area contributed by atoms with Crippen LogP contribution in [-0.2, 0) is 4.74 Å². The first-order chi connectivity index (χ1) is 9.17. The zero-order valence-corrected chi connectivity index (χ0v) is 12.1. The fraction of sp³-hybridized carbons (Fsp3) is 0.625. The molecule has 0 saturated heterocycles. The standard InChI is InChI=1S/C16H24FNO/c1-4-18-15(16(19-5-2)12-6-7-12)13-8-9-14(17)11(3)10-13/h8-10,12,15-16,18H,4-7H2,1-3H3. The minimum Gasteiger partial charge on any atom is -0.376 e. The van der Waals surface area contributed by atoms with Gasteiger partial charge in [-0.05, 0) is 56.3 Å². The van der Waals surface area contributed by atoms with Crippen LogP contribution in [0.1, 0.15) is 43.9 Å². The molecule has 0 bridgehead atoms. The maximum absolute atomic E-state index is 13.4. The van der Waals surface area contributed by atoms with Gasteiger partial charge in [-0.15, -0.1) is 0 Å². The molecule has 0 amide bonds. The van der Waals surface area contributed by atoms with Crippen molar-refractivity contribution in [1.82, 2.24) is 5.32 Å². The highest BCUT2D eigenvalue weighted by Crippen LogP contribution is 2.40. The Morgan fingerprint density at radius 1 is 1.37 bits per heavy atom. The smallest absolute Gasteiger partial charge is 0.126 e. The van der Waals surface area contributed by atoms with Gasteiger partial charge in [-0.1, -0.05) is 19.1 Å². The van der Waals surface area contributed by atoms with Gasteiger partial charge >= 0.3 is 0 Å². The Balaban J connectivity index is 2.23. The summed E-state index contributed by atoms with van der Waals surface area (Å²) in [5, 5.41) is 3.50. The molecule has 1 aliphatic rings. The zero-order chi connectivity index (χ0) is 13.8. The quantitative estimate of drug-likeness (QED) is 0.813. The molecule has 2 unspecified atom stereocenters. The molecule has 0 aliphatic heterocycles. The molecule has 2 atom stereocenters. The third-order valence-electron chi connectivity index (χ3n) is 3.74. The Labute approximate surface area is 115 Å². The van der Waals surface area contributed by atoms with E-state index in [0.29, 0.717) is 11.5 Å². The lowest BCUT2D eigenvalue weighted by Crippen LogP contribution is -2.35. The van der Waals surface area contributed by atoms with E-state index < -0.39 is 0 Å². The molecule has 1 N–H and O–H groups in total. The fourth-order valence-corrected chi connectivity index (χ4v) is 2.63. The van der Waals surface area contributed by atoms with Crippen molar-refractivity contribution >= 4 is 0 Å². The van der Waals surface area contributed by atoms with Crippen LogP contribution in [0.4, 0.5) is 4.39 Å². The summed E-state index contributed by atoms with van der Waals surface area (Å²) < 4.78 is 19.4. The van der Waals surface area contributed by atoms with E-state index in [9.17, 15) is 4.39 Å². The summed E-state index contributed by atoms with van der Waals surface area (Å²) in [6, 6.07) is 5.54. The second-order valence-corrected chi connectivity index (χ2v) is 5.30. The summed E-state index contributed by atoms with van der Waals surface area (Å²) in [7, 11) is 0. The molecule has 0 heterocycles. The molecule has 0 spiro atoms. The monoisotopic (exact) mass is 265 g/mol. The Bertz CT molecular complexity index is 417. The number of halogens is 1. The number of hydrogen-bond donors (Lipinski definition) is 1. The van der Waals surface area contributed by atoms with Crippen LogP contribution >= 0.6 is 0 Å². The first kappa shape index (κ1) is 14.5. The summed E-state index contributed by atoms with van der Waals surface area (Å²) in [5.41, 5.74) is 1.83. The van der Waals surface area contributed by atoms with Crippen LogP contribution in [0.2, 0.25) is 0 Å². The van der Waals surface area contributed by atoms with Crippen molar-refractivity contribution in [2.24, 2.45) is 5.92 Å². The molecule has 1 fully saturated rings. The average molecular weight is 265 g/mol. The Morgan fingerprint density at radius 3 is 2.63 bits per heavy atom. The third kappa shape index (κ3) is 3.54. The van der Waals surface area contributed by atoms with Gasteiger partial charge in [0.05, 0.1) is 12.1 Å². The lowest BCUT2D eigenvalue weighted by molar-refractivity contribution is 0.0189. The predicted octanol–water partition coefficient (Wildman–Crippen LogP) is 3.60. The fourth-order valence-electron chi connectivity index (χ4n) is 2.63. The molecule has 1 aliphatic carbocycles. The van der Waals surface area contributed by atoms with E-state index in [0.717, 1.165) is 18.7 Å². The van der Waals surface area contributed by atoms with Crippen LogP contribution in [0.3, 0.4) is 0 Å². The molecule has 2 nitrogen and oxygen atoms in total. The third-order valence-corrected chi connectivity index (χ3v) is 3.74. The van der Waals surface area contributed by atoms with E-state index >= 15 is 0 Å². The maximum Gasteiger partial charge on any atom is 0.126 e. The van der Waals surface area contributed by atoms with Crippen molar-refractivity contribution in [2.75, 3.05) is 13.2 Å². The van der Waals surface area contributed by atoms with Crippen molar-refractivity contribution in [3.8, 4) is 0 Å². The summed E-state index contributed by atoms with van der Waals surface area (Å²) in [4.78, 5) is 0. The maximum atomic E-state index is 13.4. The minimum atomic E-state index is -0.140. The predicted molar refractivity (Wildman–Crippen MR) is 75.7 cm³/mol. The van der Waals surface area contributed by atoms with E-state index in [1.807, 2.05) is 26.0 Å². The number of aryl methyl sites for hydroxylation is 1. The van der Waals surface area contributed by atoms with Crippen LogP contribution < -0.4 is 5.32 Å². The molecule has 0 radical (unpaired) electrons. The van der Waals surface area contributed by atoms with Crippen molar-refractivity contribution in [2.45, 2.75) is 45.8 Å². The van der Waals surface area contributed by atoms with E-state index in [1.54, 1.807) is 6.07 Å². The molecule has 1 aromatic rings. The first-order valence-electron chi connectivity index (χ1n) is 7.28. The largest absolute Gasteiger partial charge is 0.376 e. The lowest BCUT2D eigenvalue weighted by Gasteiger charge is -2.28. The molecule has 2 rings (SSSR count). The number of likely N-dealkylation sites (N-methyl/N-ethyl adjacent to an activating group) is 1. The molecule has 19 heavy (non-hydrogen) atoms. The highest BCUT2D eigenvalue weighted by molar-refractivity contribution is 5.27. The summed E-state index contributed by atoms with van der Waals surface area (Å²) >= 11 is 0. The van der Waals surface area contributed by atoms with Crippen LogP contribution in [0.15, 0.2) is 18.2 Å². The van der Waals surface area contributed by atoms with E-state index in [-0.39, 0.29) is 18.0 Å². The van der Waals surface area contributed by atoms with E-state index in [1.165, 1.54) is 12.8 Å². The van der Waals surface area contributed by atoms with Gasteiger partial charge in [-0.3, -0.25) is 0 Å². The van der Waals surface area contributed by atoms with Crippen molar-refractivity contribution in [1.29, 1.82) is 0 Å². The van der Waals surface area contributed by atoms with Gasteiger partial charge in [0.15, 0.2) is 0 Å². The normalized spacial score (nSPS) is 18.3. The van der Waals surface area contributed by atoms with Gasteiger partial charge in [0.2, 0.25) is 0 Å². The molecule has 1 aromatic carbocycles. The molecular formula is C16H24FNO. The van der Waals surface area contributed by atoms with Crippen molar-refractivity contribution in [3.05, 3.63) is 35.1 Å². The van der Waals surface area contributed by atoms with Crippen LogP contribution in [-0.4, -0.2) is 19.3 Å². The van der Waals surface area contributed by atoms with Gasteiger partial charge in [0.1, 0.15) is 5.82 Å². The molecule has 106 valence electrons. The van der Waals surface area contributed by atoms with Gasteiger partial charge in [-0.25, -0.2) is 4.39 Å². The Hall–Kier alpha value is -0.930. The van der Waals surface area contributed by atoms with Crippen LogP contribution in [0, 0.1) is 18.7 Å². The summed E-state index contributed by atoms with van der Waals surface area (Å²) in [5.74, 6) is 0.507. The Morgan fingerprint density at radius 2 is 2.11 bits per heavy atom. The summed E-state index contributed by atoms with van der Waals surface area (Å²) in [6.07, 6.45) is 2.69. The van der Waals surface area contributed by atoms with Crippen LogP contribution in [0.25, 0.3) is 0 Å². The lowest BCUT2D eigenvalue weighted by atomic mass is 9.96. The highest BCUT2D eigenvalue weighted by atomic mass is 19.1. The van der Waals surface area contributed by atoms with Gasteiger partial charge in [0.25, 0.3) is 0 Å². The van der Waals surface area contributed by atoms with Gasteiger partial charge in [-0.2, -0.15) is 0 Å². The number of hydrogen-bond acceptors (Lipinski definition) is 2. The highest BCUT2D eigenvalue weighted by Gasteiger charge is 2.37. The number of ether oxygens (including phenoxy) is 1. The second-order valence-electron chi connectivity index (χ2n) is 5.30. The summed E-state index contributed by atoms with van der Waals surface area (Å²) in [6.45, 7) is 7.56. The first-order valence-corrected chi connectivity index (χ1v) is 7.28. The molecular weight excluding hydrogens is 241 g/mol. The number of nitrogens with one attached hydrogen (secondary N) is 1. The minimum absolute atomic E-state index is 0.140. The van der Waals surface area contributed by atoms with Gasteiger partial charge < -0.3 is 10.1 Å². The molecule has 0 aromatic heterocycles. The number of benzene rings is 1. The Kier molecular flexibility index (Phi) is 4.94. The molecule has 3 heteroatoms. The van der Waals surface area contributed by atoms with E-state index in [2.05, 4.69) is 12.2 Å². The zero-order valence-electron chi connectivity index (χ0n) is 12.1. The average Bonchev–Trinajstić information content (AvgIpc) is 3.21. The van der Waals surface area contributed by atoms with E-state index in [4.69, 9.17) is 4.74 Å². The van der Waals surface area contributed by atoms with Gasteiger partial charge in [0, 0.05) is 6.61 Å².